The molecule has 0 saturated carbocycles. The lowest BCUT2D eigenvalue weighted by molar-refractivity contribution is 0.281. The highest BCUT2D eigenvalue weighted by Gasteiger charge is 2.17. The molecule has 0 aromatic heterocycles. The molecule has 0 bridgehead atoms. The van der Waals surface area contributed by atoms with E-state index in [0.717, 1.165) is 0 Å². The number of hydrogen-bond acceptors (Lipinski definition) is 4. The van der Waals surface area contributed by atoms with Crippen LogP contribution >= 0.6 is 0 Å². The molecule has 0 fully saturated rings. The Labute approximate surface area is 88.7 Å². The van der Waals surface area contributed by atoms with Crippen LogP contribution in [0.4, 0.5) is 0 Å². The molecule has 0 saturated heterocycles. The van der Waals surface area contributed by atoms with Crippen molar-refractivity contribution in [2.24, 2.45) is 0 Å². The van der Waals surface area contributed by atoms with Crippen molar-refractivity contribution in [1.82, 2.24) is 4.72 Å². The van der Waals surface area contributed by atoms with Crippen LogP contribution in [0.25, 0.3) is 0 Å². The van der Waals surface area contributed by atoms with Gasteiger partial charge < -0.3 is 9.84 Å². The average Bonchev–Trinajstić information content (AvgIpc) is 2.28. The number of aliphatic hydroxyl groups is 1. The summed E-state index contributed by atoms with van der Waals surface area (Å²) >= 11 is 0. The molecule has 5 nitrogen and oxygen atoms in total. The second-order valence-electron chi connectivity index (χ2n) is 2.85. The van der Waals surface area contributed by atoms with Crippen LogP contribution in [0.3, 0.4) is 0 Å². The summed E-state index contributed by atoms with van der Waals surface area (Å²) in [6, 6.07) is 4.49. The van der Waals surface area contributed by atoms with Crippen molar-refractivity contribution >= 4 is 10.0 Å². The third-order valence-electron chi connectivity index (χ3n) is 1.97. The molecule has 15 heavy (non-hydrogen) atoms. The van der Waals surface area contributed by atoms with E-state index >= 15 is 0 Å². The number of aliphatic hydroxyl groups excluding tert-OH is 1. The Morgan fingerprint density at radius 3 is 2.60 bits per heavy atom. The zero-order valence-electron chi connectivity index (χ0n) is 8.52. The first-order chi connectivity index (χ1) is 7.05. The number of ether oxygens (including phenoxy) is 1. The molecule has 0 aliphatic heterocycles. The van der Waals surface area contributed by atoms with Gasteiger partial charge in [0.05, 0.1) is 13.7 Å². The number of sulfonamides is 1. The molecule has 2 N–H and O–H groups in total. The van der Waals surface area contributed by atoms with Crippen molar-refractivity contribution in [3.63, 3.8) is 0 Å². The second-order valence-corrected chi connectivity index (χ2v) is 4.71. The van der Waals surface area contributed by atoms with E-state index < -0.39 is 10.0 Å². The summed E-state index contributed by atoms with van der Waals surface area (Å²) in [5.74, 6) is 0.251. The standard InChI is InChI=1S/C9H13NO4S/c1-10-15(12,13)9-5-7(6-11)3-4-8(9)14-2/h3-5,10-11H,6H2,1-2H3. The summed E-state index contributed by atoms with van der Waals surface area (Å²) < 4.78 is 30.3. The fourth-order valence-electron chi connectivity index (χ4n) is 1.14. The van der Waals surface area contributed by atoms with Crippen LogP contribution in [-0.2, 0) is 16.6 Å². The van der Waals surface area contributed by atoms with Crippen LogP contribution in [-0.4, -0.2) is 27.7 Å². The molecule has 0 heterocycles. The Morgan fingerprint density at radius 2 is 2.13 bits per heavy atom. The number of hydrogen-bond donors (Lipinski definition) is 2. The predicted molar refractivity (Wildman–Crippen MR) is 55.2 cm³/mol. The zero-order valence-corrected chi connectivity index (χ0v) is 9.34. The van der Waals surface area contributed by atoms with E-state index in [-0.39, 0.29) is 17.3 Å². The van der Waals surface area contributed by atoms with Crippen LogP contribution in [0, 0.1) is 0 Å². The van der Waals surface area contributed by atoms with Gasteiger partial charge in [0.15, 0.2) is 0 Å². The molecule has 0 radical (unpaired) electrons. The van der Waals surface area contributed by atoms with Crippen LogP contribution < -0.4 is 9.46 Å². The first-order valence-electron chi connectivity index (χ1n) is 4.26. The molecule has 0 aliphatic carbocycles. The van der Waals surface area contributed by atoms with Gasteiger partial charge in [0.25, 0.3) is 0 Å². The molecular formula is C9H13NO4S. The highest BCUT2D eigenvalue weighted by atomic mass is 32.2. The summed E-state index contributed by atoms with van der Waals surface area (Å²) in [6.45, 7) is -0.212. The van der Waals surface area contributed by atoms with Crippen molar-refractivity contribution in [3.05, 3.63) is 23.8 Å². The van der Waals surface area contributed by atoms with E-state index in [9.17, 15) is 8.42 Å². The van der Waals surface area contributed by atoms with E-state index in [1.165, 1.54) is 26.3 Å². The highest BCUT2D eigenvalue weighted by molar-refractivity contribution is 7.89. The second kappa shape index (κ2) is 4.61. The Hall–Kier alpha value is -1.11. The molecule has 0 aliphatic rings. The molecule has 0 spiro atoms. The summed E-state index contributed by atoms with van der Waals surface area (Å²) in [4.78, 5) is 0.0269. The van der Waals surface area contributed by atoms with Crippen molar-refractivity contribution in [1.29, 1.82) is 0 Å². The van der Waals surface area contributed by atoms with Gasteiger partial charge in [-0.05, 0) is 24.7 Å². The first kappa shape index (κ1) is 12.0. The van der Waals surface area contributed by atoms with Crippen molar-refractivity contribution in [2.75, 3.05) is 14.2 Å². The van der Waals surface area contributed by atoms with Gasteiger partial charge in [0, 0.05) is 0 Å². The molecule has 6 heteroatoms. The normalized spacial score (nSPS) is 11.4. The van der Waals surface area contributed by atoms with Crippen LogP contribution in [0.1, 0.15) is 5.56 Å². The molecular weight excluding hydrogens is 218 g/mol. The topological polar surface area (TPSA) is 75.6 Å². The summed E-state index contributed by atoms with van der Waals surface area (Å²) in [5.41, 5.74) is 0.518. The molecule has 0 amide bonds. The maximum atomic E-state index is 11.6. The molecule has 84 valence electrons. The molecule has 1 rings (SSSR count). The fourth-order valence-corrected chi connectivity index (χ4v) is 2.08. The minimum absolute atomic E-state index is 0.0269. The van der Waals surface area contributed by atoms with Crippen molar-refractivity contribution < 1.29 is 18.3 Å². The molecule has 0 atom stereocenters. The number of methoxy groups -OCH3 is 1. The fraction of sp³-hybridized carbons (Fsp3) is 0.333. The quantitative estimate of drug-likeness (QED) is 0.770. The smallest absolute Gasteiger partial charge is 0.244 e. The van der Waals surface area contributed by atoms with Gasteiger partial charge in [-0.2, -0.15) is 0 Å². The maximum Gasteiger partial charge on any atom is 0.244 e. The van der Waals surface area contributed by atoms with E-state index in [4.69, 9.17) is 9.84 Å². The largest absolute Gasteiger partial charge is 0.495 e. The van der Waals surface area contributed by atoms with Gasteiger partial charge in [-0.15, -0.1) is 0 Å². The number of rotatable bonds is 4. The SMILES string of the molecule is CNS(=O)(=O)c1cc(CO)ccc1OC. The summed E-state index contributed by atoms with van der Waals surface area (Å²) in [6.07, 6.45) is 0. The van der Waals surface area contributed by atoms with E-state index in [1.54, 1.807) is 6.07 Å². The third-order valence-corrected chi connectivity index (χ3v) is 3.40. The van der Waals surface area contributed by atoms with Gasteiger partial charge in [0.1, 0.15) is 10.6 Å². The average molecular weight is 231 g/mol. The molecule has 1 aromatic carbocycles. The summed E-state index contributed by atoms with van der Waals surface area (Å²) in [5, 5.41) is 8.91. The summed E-state index contributed by atoms with van der Waals surface area (Å²) in [7, 11) is -0.848. The van der Waals surface area contributed by atoms with E-state index in [0.29, 0.717) is 5.56 Å². The van der Waals surface area contributed by atoms with Crippen molar-refractivity contribution in [3.8, 4) is 5.75 Å². The van der Waals surface area contributed by atoms with E-state index in [2.05, 4.69) is 4.72 Å². The minimum atomic E-state index is -3.56. The lowest BCUT2D eigenvalue weighted by atomic mass is 10.2. The van der Waals surface area contributed by atoms with Crippen LogP contribution in [0.15, 0.2) is 23.1 Å². The Bertz CT molecular complexity index is 441. The predicted octanol–water partition coefficient (Wildman–Crippen LogP) is 0.0956. The van der Waals surface area contributed by atoms with Crippen LogP contribution in [0.2, 0.25) is 0 Å². The van der Waals surface area contributed by atoms with Crippen LogP contribution in [0.5, 0.6) is 5.75 Å². The first-order valence-corrected chi connectivity index (χ1v) is 5.74. The molecule has 1 aromatic rings. The lowest BCUT2D eigenvalue weighted by Crippen LogP contribution is -2.19. The van der Waals surface area contributed by atoms with Gasteiger partial charge in [-0.1, -0.05) is 6.07 Å². The Balaban J connectivity index is 3.36. The maximum absolute atomic E-state index is 11.6. The van der Waals surface area contributed by atoms with E-state index in [1.807, 2.05) is 0 Å². The highest BCUT2D eigenvalue weighted by Crippen LogP contribution is 2.24. The van der Waals surface area contributed by atoms with Gasteiger partial charge in [0.2, 0.25) is 10.0 Å². The third kappa shape index (κ3) is 2.47. The Kier molecular flexibility index (Phi) is 3.67. The number of nitrogens with one attached hydrogen (secondary N) is 1. The van der Waals surface area contributed by atoms with Crippen molar-refractivity contribution in [2.45, 2.75) is 11.5 Å². The van der Waals surface area contributed by atoms with Gasteiger partial charge in [-0.3, -0.25) is 0 Å². The van der Waals surface area contributed by atoms with Gasteiger partial charge >= 0.3 is 0 Å². The minimum Gasteiger partial charge on any atom is -0.495 e. The lowest BCUT2D eigenvalue weighted by Gasteiger charge is -2.09. The monoisotopic (exact) mass is 231 g/mol. The molecule has 0 unspecified atom stereocenters. The van der Waals surface area contributed by atoms with Gasteiger partial charge in [-0.25, -0.2) is 13.1 Å². The zero-order chi connectivity index (χ0) is 11.5. The number of benzene rings is 1. The Morgan fingerprint density at radius 1 is 1.47 bits per heavy atom.